The van der Waals surface area contributed by atoms with Gasteiger partial charge < -0.3 is 10.6 Å². The van der Waals surface area contributed by atoms with Gasteiger partial charge in [-0.1, -0.05) is 48.5 Å². The molecule has 2 aromatic rings. The average Bonchev–Trinajstić information content (AvgIpc) is 3.77. The maximum absolute atomic E-state index is 15.0. The summed E-state index contributed by atoms with van der Waals surface area (Å²) in [4.78, 5) is 25.6. The number of nitriles is 1. The lowest BCUT2D eigenvalue weighted by atomic mass is 9.96. The van der Waals surface area contributed by atoms with Gasteiger partial charge in [0.15, 0.2) is 0 Å². The van der Waals surface area contributed by atoms with Crippen molar-refractivity contribution in [2.75, 3.05) is 0 Å². The van der Waals surface area contributed by atoms with Crippen molar-refractivity contribution in [3.8, 4) is 17.2 Å². The van der Waals surface area contributed by atoms with Gasteiger partial charge in [-0.05, 0) is 80.5 Å². The molecule has 3 N–H and O–H groups in total. The van der Waals surface area contributed by atoms with Gasteiger partial charge in [-0.3, -0.25) is 14.9 Å². The predicted octanol–water partition coefficient (Wildman–Crippen LogP) is 5.31. The zero-order valence-electron chi connectivity index (χ0n) is 23.2. The predicted molar refractivity (Wildman–Crippen MR) is 148 cm³/mol. The van der Waals surface area contributed by atoms with Crippen LogP contribution in [0.2, 0.25) is 0 Å². The van der Waals surface area contributed by atoms with Gasteiger partial charge in [-0.25, -0.2) is 13.2 Å². The second-order valence-corrected chi connectivity index (χ2v) is 12.9. The van der Waals surface area contributed by atoms with E-state index in [9.17, 15) is 28.0 Å². The lowest BCUT2D eigenvalue weighted by Crippen LogP contribution is -2.55. The van der Waals surface area contributed by atoms with E-state index in [1.807, 2.05) is 24.3 Å². The molecule has 0 saturated heterocycles. The Kier molecular flexibility index (Phi) is 6.68. The van der Waals surface area contributed by atoms with Crippen molar-refractivity contribution in [2.24, 2.45) is 11.8 Å². The Balaban J connectivity index is 1.15. The fraction of sp³-hybridized carbons (Fsp3) is 0.531. The molecule has 0 aliphatic heterocycles. The number of nitrogens with zero attached hydrogens (tertiary/aromatic N) is 1. The van der Waals surface area contributed by atoms with Crippen molar-refractivity contribution in [3.63, 3.8) is 0 Å². The third-order valence-corrected chi connectivity index (χ3v) is 9.17. The van der Waals surface area contributed by atoms with E-state index in [1.54, 1.807) is 24.3 Å². The van der Waals surface area contributed by atoms with Gasteiger partial charge in [0, 0.05) is 17.9 Å². The van der Waals surface area contributed by atoms with Crippen LogP contribution in [0.5, 0.6) is 0 Å². The molecular formula is C32H35F3N4O2. The van der Waals surface area contributed by atoms with Gasteiger partial charge in [0.25, 0.3) is 6.43 Å². The van der Waals surface area contributed by atoms with Crippen molar-refractivity contribution in [2.45, 2.75) is 93.5 Å². The molecule has 2 aromatic carbocycles. The summed E-state index contributed by atoms with van der Waals surface area (Å²) >= 11 is 0. The van der Waals surface area contributed by atoms with E-state index in [-0.39, 0.29) is 24.2 Å². The van der Waals surface area contributed by atoms with Gasteiger partial charge in [0.2, 0.25) is 11.8 Å². The number of carbonyl (C=O) groups excluding carboxylic acids is 2. The second kappa shape index (κ2) is 9.87. The summed E-state index contributed by atoms with van der Waals surface area (Å²) in [6.45, 7) is 2.69. The van der Waals surface area contributed by atoms with Crippen LogP contribution in [-0.2, 0) is 9.59 Å². The van der Waals surface area contributed by atoms with E-state index in [0.717, 1.165) is 36.0 Å². The molecule has 2 amide bonds. The zero-order valence-corrected chi connectivity index (χ0v) is 23.2. The highest BCUT2D eigenvalue weighted by atomic mass is 19.3. The number of alkyl halides is 3. The van der Waals surface area contributed by atoms with Gasteiger partial charge in [-0.15, -0.1) is 0 Å². The Labute approximate surface area is 238 Å². The van der Waals surface area contributed by atoms with E-state index in [0.29, 0.717) is 24.4 Å². The lowest BCUT2D eigenvalue weighted by Gasteiger charge is -2.29. The molecule has 0 aromatic heterocycles. The Bertz CT molecular complexity index is 1370. The summed E-state index contributed by atoms with van der Waals surface area (Å²) in [5.41, 5.74) is -1.09. The van der Waals surface area contributed by atoms with Crippen LogP contribution in [0, 0.1) is 23.2 Å². The van der Waals surface area contributed by atoms with Crippen molar-refractivity contribution >= 4 is 11.8 Å². The maximum atomic E-state index is 15.0. The number of amides is 2. The summed E-state index contributed by atoms with van der Waals surface area (Å²) in [5.74, 6) is -0.986. The summed E-state index contributed by atoms with van der Waals surface area (Å²) in [6.07, 6.45) is 1.20. The maximum Gasteiger partial charge on any atom is 0.257 e. The SMILES string of the molecule is CC(C)(F)C1CC1(NC(c1ccc(-c2ccc(C3CC3C(=O)NC3CC3)cc2)cc1)C(F)F)C(=O)NC1(C#N)CC1. The Hall–Kier alpha value is -3.38. The van der Waals surface area contributed by atoms with E-state index in [4.69, 9.17) is 0 Å². The highest BCUT2D eigenvalue weighted by Crippen LogP contribution is 2.54. The average molecular weight is 565 g/mol. The molecule has 0 spiro atoms. The molecule has 5 atom stereocenters. The fourth-order valence-corrected chi connectivity index (χ4v) is 6.05. The number of rotatable bonds is 11. The quantitative estimate of drug-likeness (QED) is 0.345. The number of benzene rings is 2. The summed E-state index contributed by atoms with van der Waals surface area (Å²) in [7, 11) is 0. The van der Waals surface area contributed by atoms with Gasteiger partial charge >= 0.3 is 0 Å². The van der Waals surface area contributed by atoms with Crippen LogP contribution in [0.15, 0.2) is 48.5 Å². The molecule has 6 rings (SSSR count). The van der Waals surface area contributed by atoms with Gasteiger partial charge in [0.1, 0.15) is 16.7 Å². The number of nitrogens with one attached hydrogen (secondary N) is 3. The molecule has 4 aliphatic rings. The monoisotopic (exact) mass is 564 g/mol. The molecule has 4 fully saturated rings. The lowest BCUT2D eigenvalue weighted by molar-refractivity contribution is -0.126. The number of hydrogen-bond donors (Lipinski definition) is 3. The van der Waals surface area contributed by atoms with Crippen molar-refractivity contribution in [3.05, 3.63) is 59.7 Å². The summed E-state index contributed by atoms with van der Waals surface area (Å²) in [5, 5.41) is 18.0. The topological polar surface area (TPSA) is 94.0 Å². The first-order valence-corrected chi connectivity index (χ1v) is 14.4. The Morgan fingerprint density at radius 2 is 1.63 bits per heavy atom. The summed E-state index contributed by atoms with van der Waals surface area (Å²) < 4.78 is 43.7. The highest BCUT2D eigenvalue weighted by Gasteiger charge is 2.68. The Morgan fingerprint density at radius 3 is 2.12 bits per heavy atom. The van der Waals surface area contributed by atoms with E-state index in [2.05, 4.69) is 22.0 Å². The molecule has 5 unspecified atom stereocenters. The van der Waals surface area contributed by atoms with Gasteiger partial charge in [-0.2, -0.15) is 5.26 Å². The molecule has 4 saturated carbocycles. The molecule has 0 radical (unpaired) electrons. The molecule has 216 valence electrons. The Morgan fingerprint density at radius 1 is 1.02 bits per heavy atom. The molecule has 9 heteroatoms. The molecule has 4 aliphatic carbocycles. The first-order chi connectivity index (χ1) is 19.4. The molecular weight excluding hydrogens is 529 g/mol. The van der Waals surface area contributed by atoms with Crippen LogP contribution < -0.4 is 16.0 Å². The van der Waals surface area contributed by atoms with Gasteiger partial charge in [0.05, 0.1) is 12.1 Å². The number of carbonyl (C=O) groups is 2. The van der Waals surface area contributed by atoms with E-state index in [1.165, 1.54) is 13.8 Å². The molecule has 41 heavy (non-hydrogen) atoms. The van der Waals surface area contributed by atoms with Crippen LogP contribution in [0.4, 0.5) is 13.2 Å². The second-order valence-electron chi connectivity index (χ2n) is 12.9. The standard InChI is InChI=1S/C32H35F3N4O2/c1-30(2,35)25-16-32(25,29(41)39-31(17-36)13-14-31)38-26(27(33)34)21-9-5-19(6-10-21)18-3-7-20(8-4-18)23-15-24(23)28(40)37-22-11-12-22/h3-10,22-27,38H,11-16H2,1-2H3,(H,37,40)(H,39,41). The fourth-order valence-electron chi connectivity index (χ4n) is 6.05. The molecule has 6 nitrogen and oxygen atoms in total. The van der Waals surface area contributed by atoms with Crippen LogP contribution in [0.1, 0.15) is 75.5 Å². The number of hydrogen-bond acceptors (Lipinski definition) is 4. The first-order valence-electron chi connectivity index (χ1n) is 14.4. The highest BCUT2D eigenvalue weighted by molar-refractivity contribution is 5.92. The third kappa shape index (κ3) is 5.59. The minimum absolute atomic E-state index is 0.0358. The van der Waals surface area contributed by atoms with Crippen LogP contribution in [0.25, 0.3) is 11.1 Å². The minimum Gasteiger partial charge on any atom is -0.353 e. The first kappa shape index (κ1) is 27.8. The van der Waals surface area contributed by atoms with E-state index >= 15 is 0 Å². The van der Waals surface area contributed by atoms with E-state index < -0.39 is 41.0 Å². The smallest absolute Gasteiger partial charge is 0.257 e. The van der Waals surface area contributed by atoms with Crippen molar-refractivity contribution in [1.82, 2.24) is 16.0 Å². The van der Waals surface area contributed by atoms with Crippen molar-refractivity contribution in [1.29, 1.82) is 5.26 Å². The van der Waals surface area contributed by atoms with Crippen LogP contribution >= 0.6 is 0 Å². The minimum atomic E-state index is -2.84. The number of halogens is 3. The molecule has 0 heterocycles. The van der Waals surface area contributed by atoms with Crippen LogP contribution in [-0.4, -0.2) is 41.0 Å². The van der Waals surface area contributed by atoms with Crippen LogP contribution in [0.3, 0.4) is 0 Å². The zero-order chi connectivity index (χ0) is 29.2. The van der Waals surface area contributed by atoms with Crippen molar-refractivity contribution < 1.29 is 22.8 Å². The molecule has 0 bridgehead atoms. The third-order valence-electron chi connectivity index (χ3n) is 9.17. The largest absolute Gasteiger partial charge is 0.353 e. The normalized spacial score (nSPS) is 28.4. The summed E-state index contributed by atoms with van der Waals surface area (Å²) in [6, 6.07) is 15.7.